The molecular weight excluding hydrogens is 412 g/mol. The Balaban J connectivity index is 0.000000526. The average Bonchev–Trinajstić information content (AvgIpc) is 3.33. The molecule has 0 aromatic heterocycles. The van der Waals surface area contributed by atoms with Crippen LogP contribution in [0, 0.1) is 0 Å². The molecule has 4 amide bonds. The number of urea groups is 2. The summed E-state index contributed by atoms with van der Waals surface area (Å²) < 4.78 is 0. The Bertz CT molecular complexity index is 781. The Labute approximate surface area is 201 Å². The zero-order valence-corrected chi connectivity index (χ0v) is 20.5. The third-order valence-corrected chi connectivity index (χ3v) is 5.16. The summed E-state index contributed by atoms with van der Waals surface area (Å²) in [5, 5.41) is 5.77. The molecule has 4 rings (SSSR count). The Morgan fingerprint density at radius 1 is 0.788 bits per heavy atom. The Kier molecular flexibility index (Phi) is 15.1. The van der Waals surface area contributed by atoms with Crippen LogP contribution in [0.3, 0.4) is 0 Å². The SMILES string of the molecule is C.CC.CC.CN1C(=O)NCC1Cc1ccccc1.CN1CC(Cc2ccccc2)NC1=O. The fourth-order valence-corrected chi connectivity index (χ4v) is 3.49. The van der Waals surface area contributed by atoms with Crippen molar-refractivity contribution in [2.45, 2.75) is 60.0 Å². The van der Waals surface area contributed by atoms with Gasteiger partial charge in [-0.25, -0.2) is 9.59 Å². The molecule has 2 unspecified atom stereocenters. The van der Waals surface area contributed by atoms with Crippen molar-refractivity contribution < 1.29 is 9.59 Å². The average molecular weight is 457 g/mol. The topological polar surface area (TPSA) is 64.7 Å². The van der Waals surface area contributed by atoms with Crippen molar-refractivity contribution >= 4 is 12.1 Å². The maximum absolute atomic E-state index is 11.2. The number of benzene rings is 2. The van der Waals surface area contributed by atoms with Crippen LogP contribution in [0.5, 0.6) is 0 Å². The van der Waals surface area contributed by atoms with Crippen LogP contribution >= 0.6 is 0 Å². The lowest BCUT2D eigenvalue weighted by molar-refractivity contribution is 0.216. The number of nitrogens with zero attached hydrogens (tertiary/aromatic N) is 2. The maximum Gasteiger partial charge on any atom is 0.317 e. The predicted octanol–water partition coefficient (Wildman–Crippen LogP) is 5.19. The Hall–Kier alpha value is -3.02. The summed E-state index contributed by atoms with van der Waals surface area (Å²) in [7, 11) is 3.66. The van der Waals surface area contributed by atoms with Gasteiger partial charge in [0.1, 0.15) is 0 Å². The van der Waals surface area contributed by atoms with Gasteiger partial charge < -0.3 is 20.4 Å². The van der Waals surface area contributed by atoms with Crippen molar-refractivity contribution in [2.24, 2.45) is 0 Å². The third kappa shape index (κ3) is 9.98. The molecule has 0 radical (unpaired) electrons. The molecule has 2 heterocycles. The summed E-state index contributed by atoms with van der Waals surface area (Å²) in [6.07, 6.45) is 1.84. The van der Waals surface area contributed by atoms with Gasteiger partial charge in [-0.3, -0.25) is 0 Å². The van der Waals surface area contributed by atoms with Crippen LogP contribution in [0.2, 0.25) is 0 Å². The third-order valence-electron chi connectivity index (χ3n) is 5.16. The highest BCUT2D eigenvalue weighted by molar-refractivity contribution is 5.77. The van der Waals surface area contributed by atoms with Gasteiger partial charge in [-0.1, -0.05) is 95.8 Å². The van der Waals surface area contributed by atoms with Gasteiger partial charge in [0.15, 0.2) is 0 Å². The molecule has 2 N–H and O–H groups in total. The number of carbonyl (C=O) groups is 2. The second kappa shape index (κ2) is 16.6. The molecule has 0 bridgehead atoms. The van der Waals surface area contributed by atoms with Gasteiger partial charge in [-0.05, 0) is 24.0 Å². The highest BCUT2D eigenvalue weighted by atomic mass is 16.2. The molecule has 6 nitrogen and oxygen atoms in total. The van der Waals surface area contributed by atoms with Crippen molar-refractivity contribution in [1.29, 1.82) is 0 Å². The van der Waals surface area contributed by atoms with Crippen LogP contribution in [0.15, 0.2) is 60.7 Å². The van der Waals surface area contributed by atoms with E-state index in [1.807, 2.05) is 78.2 Å². The first-order chi connectivity index (χ1) is 15.5. The smallest absolute Gasteiger partial charge is 0.317 e. The first kappa shape index (κ1) is 30.0. The minimum absolute atomic E-state index is 0. The number of rotatable bonds is 4. The van der Waals surface area contributed by atoms with E-state index in [0.717, 1.165) is 25.9 Å². The van der Waals surface area contributed by atoms with E-state index in [0.29, 0.717) is 6.04 Å². The fourth-order valence-electron chi connectivity index (χ4n) is 3.49. The van der Waals surface area contributed by atoms with Crippen molar-refractivity contribution in [3.8, 4) is 0 Å². The summed E-state index contributed by atoms with van der Waals surface area (Å²) in [6.45, 7) is 9.55. The molecule has 0 aliphatic carbocycles. The standard InChI is InChI=1S/2C11H14N2O.2C2H6.CH4/c1-13-8-10(12-11(13)14)7-9-5-3-2-4-6-9;1-13-10(8-12-11(13)14)7-9-5-3-2-4-6-9;2*1-2;/h2*2-6,10H,7-8H2,1H3,(H,12,14);2*1-2H3;1H4. The van der Waals surface area contributed by atoms with Crippen LogP contribution in [0.25, 0.3) is 0 Å². The molecule has 2 saturated heterocycles. The van der Waals surface area contributed by atoms with Crippen molar-refractivity contribution in [3.05, 3.63) is 71.8 Å². The van der Waals surface area contributed by atoms with Gasteiger partial charge in [0.2, 0.25) is 0 Å². The minimum Gasteiger partial charge on any atom is -0.336 e. The monoisotopic (exact) mass is 456 g/mol. The number of hydrogen-bond donors (Lipinski definition) is 2. The number of carbonyl (C=O) groups excluding carboxylic acids is 2. The van der Waals surface area contributed by atoms with E-state index < -0.39 is 0 Å². The summed E-state index contributed by atoms with van der Waals surface area (Å²) in [5.74, 6) is 0. The Morgan fingerprint density at radius 3 is 1.67 bits per heavy atom. The van der Waals surface area contributed by atoms with E-state index in [1.165, 1.54) is 11.1 Å². The largest absolute Gasteiger partial charge is 0.336 e. The summed E-state index contributed by atoms with van der Waals surface area (Å²) in [4.78, 5) is 25.9. The van der Waals surface area contributed by atoms with Gasteiger partial charge in [0, 0.05) is 27.2 Å². The molecule has 2 aliphatic heterocycles. The second-order valence-corrected chi connectivity index (χ2v) is 7.36. The molecule has 0 spiro atoms. The highest BCUT2D eigenvalue weighted by Gasteiger charge is 2.27. The molecule has 2 atom stereocenters. The molecule has 0 saturated carbocycles. The van der Waals surface area contributed by atoms with Crippen LogP contribution in [0.1, 0.15) is 46.2 Å². The molecule has 33 heavy (non-hydrogen) atoms. The summed E-state index contributed by atoms with van der Waals surface area (Å²) in [6, 6.07) is 21.1. The van der Waals surface area contributed by atoms with Crippen LogP contribution in [0.4, 0.5) is 9.59 Å². The first-order valence-electron chi connectivity index (χ1n) is 11.6. The molecule has 6 heteroatoms. The minimum atomic E-state index is 0. The van der Waals surface area contributed by atoms with E-state index in [2.05, 4.69) is 34.9 Å². The fraction of sp³-hybridized carbons (Fsp3) is 0.481. The van der Waals surface area contributed by atoms with Gasteiger partial charge in [0.05, 0.1) is 12.1 Å². The molecular formula is C27H44N4O2. The van der Waals surface area contributed by atoms with E-state index in [-0.39, 0.29) is 25.5 Å². The quantitative estimate of drug-likeness (QED) is 0.665. The van der Waals surface area contributed by atoms with E-state index in [4.69, 9.17) is 0 Å². The number of nitrogens with one attached hydrogen (secondary N) is 2. The molecule has 2 aromatic rings. The normalized spacial score (nSPS) is 18.2. The first-order valence-corrected chi connectivity index (χ1v) is 11.6. The molecule has 2 aliphatic rings. The summed E-state index contributed by atoms with van der Waals surface area (Å²) >= 11 is 0. The number of amides is 4. The number of likely N-dealkylation sites (N-methyl/N-ethyl adjacent to an activating group) is 2. The second-order valence-electron chi connectivity index (χ2n) is 7.36. The van der Waals surface area contributed by atoms with Gasteiger partial charge in [0.25, 0.3) is 0 Å². The van der Waals surface area contributed by atoms with Gasteiger partial charge in [-0.15, -0.1) is 0 Å². The van der Waals surface area contributed by atoms with Crippen LogP contribution in [-0.2, 0) is 12.8 Å². The van der Waals surface area contributed by atoms with Gasteiger partial charge in [-0.2, -0.15) is 0 Å². The van der Waals surface area contributed by atoms with Crippen molar-refractivity contribution in [2.75, 3.05) is 27.2 Å². The lowest BCUT2D eigenvalue weighted by Crippen LogP contribution is -2.31. The van der Waals surface area contributed by atoms with E-state index in [9.17, 15) is 9.59 Å². The lowest BCUT2D eigenvalue weighted by Gasteiger charge is -2.17. The highest BCUT2D eigenvalue weighted by Crippen LogP contribution is 2.11. The van der Waals surface area contributed by atoms with Crippen molar-refractivity contribution in [3.63, 3.8) is 0 Å². The Morgan fingerprint density at radius 2 is 1.27 bits per heavy atom. The maximum atomic E-state index is 11.2. The van der Waals surface area contributed by atoms with Crippen LogP contribution < -0.4 is 10.6 Å². The predicted molar refractivity (Wildman–Crippen MR) is 140 cm³/mol. The lowest BCUT2D eigenvalue weighted by atomic mass is 10.1. The molecule has 2 aromatic carbocycles. The van der Waals surface area contributed by atoms with E-state index in [1.54, 1.807) is 9.80 Å². The molecule has 184 valence electrons. The zero-order chi connectivity index (χ0) is 23.9. The van der Waals surface area contributed by atoms with E-state index >= 15 is 0 Å². The zero-order valence-electron chi connectivity index (χ0n) is 20.5. The van der Waals surface area contributed by atoms with Crippen molar-refractivity contribution in [1.82, 2.24) is 20.4 Å². The number of hydrogen-bond acceptors (Lipinski definition) is 2. The van der Waals surface area contributed by atoms with Crippen LogP contribution in [-0.4, -0.2) is 61.1 Å². The summed E-state index contributed by atoms with van der Waals surface area (Å²) in [5.41, 5.74) is 2.55. The molecule has 2 fully saturated rings. The van der Waals surface area contributed by atoms with Gasteiger partial charge >= 0.3 is 12.1 Å².